The van der Waals surface area contributed by atoms with Crippen LogP contribution >= 0.6 is 10.8 Å². The van der Waals surface area contributed by atoms with Crippen LogP contribution in [0.5, 0.6) is 5.75 Å². The Balaban J connectivity index is 1.95. The van der Waals surface area contributed by atoms with Gasteiger partial charge >= 0.3 is 10.3 Å². The summed E-state index contributed by atoms with van der Waals surface area (Å²) >= 11 is 0. The molecule has 33 heavy (non-hydrogen) atoms. The number of nitrogens with zero attached hydrogens (tertiary/aromatic N) is 2. The first-order chi connectivity index (χ1) is 15.2. The Morgan fingerprint density at radius 1 is 0.909 bits per heavy atom. The average Bonchev–Trinajstić information content (AvgIpc) is 2.69. The van der Waals surface area contributed by atoms with Crippen molar-refractivity contribution in [1.29, 1.82) is 0 Å². The maximum absolute atomic E-state index is 13.1. The standard InChI is InChI=1S/C23H32N2O5S3/c1-17-7-9-19(10-8-17)32(26,27)31-22-15-18(2)21(16-20(22)23(3,4)5)30-33(28,29)25-13-11-24(6)12-14-25/h7-10,15-16H,11-14H2,1-6H3. The van der Waals surface area contributed by atoms with Crippen LogP contribution < -0.4 is 4.18 Å². The lowest BCUT2D eigenvalue weighted by Gasteiger charge is -2.31. The van der Waals surface area contributed by atoms with Crippen LogP contribution in [-0.4, -0.2) is 59.3 Å². The highest BCUT2D eigenvalue weighted by atomic mass is 33.1. The molecule has 0 amide bonds. The van der Waals surface area contributed by atoms with E-state index in [0.717, 1.165) is 16.4 Å². The molecule has 182 valence electrons. The summed E-state index contributed by atoms with van der Waals surface area (Å²) in [6.45, 7) is 11.5. The van der Waals surface area contributed by atoms with Crippen LogP contribution in [0.4, 0.5) is 0 Å². The molecule has 0 N–H and O–H groups in total. The molecule has 0 radical (unpaired) electrons. The Morgan fingerprint density at radius 2 is 1.48 bits per heavy atom. The van der Waals surface area contributed by atoms with Crippen molar-refractivity contribution in [1.82, 2.24) is 9.21 Å². The molecule has 0 spiro atoms. The van der Waals surface area contributed by atoms with Crippen LogP contribution in [-0.2, 0) is 24.6 Å². The van der Waals surface area contributed by atoms with Crippen LogP contribution in [0.2, 0.25) is 0 Å². The van der Waals surface area contributed by atoms with Gasteiger partial charge in [0.2, 0.25) is 8.87 Å². The van der Waals surface area contributed by atoms with Crippen molar-refractivity contribution in [3.63, 3.8) is 0 Å². The summed E-state index contributed by atoms with van der Waals surface area (Å²) in [5.41, 5.74) is 1.81. The zero-order chi connectivity index (χ0) is 24.6. The van der Waals surface area contributed by atoms with Crippen molar-refractivity contribution in [2.24, 2.45) is 0 Å². The lowest BCUT2D eigenvalue weighted by atomic mass is 9.86. The van der Waals surface area contributed by atoms with Gasteiger partial charge in [0, 0.05) is 41.9 Å². The normalized spacial score (nSPS) is 16.7. The fourth-order valence-corrected chi connectivity index (χ4v) is 7.80. The van der Waals surface area contributed by atoms with Gasteiger partial charge in [0.05, 0.1) is 4.90 Å². The van der Waals surface area contributed by atoms with Gasteiger partial charge in [-0.1, -0.05) is 38.5 Å². The second-order valence-electron chi connectivity index (χ2n) is 9.46. The molecule has 7 nitrogen and oxygen atoms in total. The smallest absolute Gasteiger partial charge is 0.370 e. The van der Waals surface area contributed by atoms with Crippen LogP contribution in [0.15, 0.2) is 46.2 Å². The molecule has 2 aromatic rings. The molecule has 0 aromatic heterocycles. The number of benzene rings is 2. The average molecular weight is 513 g/mol. The third-order valence-electron chi connectivity index (χ3n) is 5.57. The van der Waals surface area contributed by atoms with Crippen molar-refractivity contribution in [3.05, 3.63) is 53.1 Å². The van der Waals surface area contributed by atoms with E-state index in [1.54, 1.807) is 43.3 Å². The van der Waals surface area contributed by atoms with E-state index in [4.69, 9.17) is 4.18 Å². The number of aryl methyl sites for hydroxylation is 2. The minimum absolute atomic E-state index is 0.218. The molecule has 10 heteroatoms. The van der Waals surface area contributed by atoms with Gasteiger partial charge in [-0.2, -0.15) is 12.7 Å². The Hall–Kier alpha value is -1.59. The van der Waals surface area contributed by atoms with Gasteiger partial charge < -0.3 is 9.08 Å². The van der Waals surface area contributed by atoms with Gasteiger partial charge in [-0.05, 0) is 61.7 Å². The number of hydrogen-bond donors (Lipinski definition) is 0. The van der Waals surface area contributed by atoms with Crippen LogP contribution in [0.25, 0.3) is 0 Å². The molecule has 0 atom stereocenters. The molecule has 1 saturated heterocycles. The van der Waals surface area contributed by atoms with Crippen LogP contribution in [0.3, 0.4) is 0 Å². The van der Waals surface area contributed by atoms with Gasteiger partial charge in [0.1, 0.15) is 5.75 Å². The summed E-state index contributed by atoms with van der Waals surface area (Å²) < 4.78 is 58.8. The predicted octanol–water partition coefficient (Wildman–Crippen LogP) is 3.95. The number of hydrogen-bond acceptors (Lipinski definition) is 7. The Labute approximate surface area is 201 Å². The van der Waals surface area contributed by atoms with Gasteiger partial charge in [0.25, 0.3) is 0 Å². The second-order valence-corrected chi connectivity index (χ2v) is 14.8. The molecular weight excluding hydrogens is 480 g/mol. The highest BCUT2D eigenvalue weighted by Gasteiger charge is 2.30. The van der Waals surface area contributed by atoms with Crippen molar-refractivity contribution in [2.75, 3.05) is 33.2 Å². The monoisotopic (exact) mass is 512 g/mol. The molecule has 1 heterocycles. The topological polar surface area (TPSA) is 84.0 Å². The van der Waals surface area contributed by atoms with E-state index in [1.807, 2.05) is 34.7 Å². The number of rotatable bonds is 6. The maximum atomic E-state index is 13.1. The Kier molecular flexibility index (Phi) is 7.55. The summed E-state index contributed by atoms with van der Waals surface area (Å²) in [5, 5.41) is 0. The number of likely N-dealkylation sites (N-methyl/N-ethyl adjacent to an activating group) is 1. The summed E-state index contributed by atoms with van der Waals surface area (Å²) in [5.74, 6) is 0.218. The number of piperazine rings is 1. The largest absolute Gasteiger partial charge is 0.385 e. The molecular formula is C23H32N2O5S3. The molecule has 1 aliphatic heterocycles. The SMILES string of the molecule is Cc1ccc(S(=O)(=O)Sc2cc(C)c(OS(=O)(=O)N3CCN(C)CC3)cc2C(C)(C)C)cc1. The first kappa shape index (κ1) is 26.0. The molecule has 0 unspecified atom stereocenters. The van der Waals surface area contributed by atoms with Crippen molar-refractivity contribution >= 4 is 30.0 Å². The van der Waals surface area contributed by atoms with Crippen molar-refractivity contribution < 1.29 is 21.0 Å². The minimum Gasteiger partial charge on any atom is -0.370 e. The fourth-order valence-electron chi connectivity index (χ4n) is 3.46. The molecule has 1 aliphatic rings. The lowest BCUT2D eigenvalue weighted by molar-refractivity contribution is 0.212. The van der Waals surface area contributed by atoms with Crippen LogP contribution in [0, 0.1) is 13.8 Å². The van der Waals surface area contributed by atoms with E-state index < -0.39 is 24.6 Å². The third kappa shape index (κ3) is 6.30. The third-order valence-corrected chi connectivity index (χ3v) is 10.3. The zero-order valence-electron chi connectivity index (χ0n) is 20.0. The summed E-state index contributed by atoms with van der Waals surface area (Å²) in [6, 6.07) is 10.1. The highest BCUT2D eigenvalue weighted by Crippen LogP contribution is 2.41. The van der Waals surface area contributed by atoms with E-state index in [1.165, 1.54) is 4.31 Å². The molecule has 3 rings (SSSR count). The molecule has 1 fully saturated rings. The van der Waals surface area contributed by atoms with Gasteiger partial charge in [-0.3, -0.25) is 0 Å². The zero-order valence-corrected chi connectivity index (χ0v) is 22.4. The maximum Gasteiger partial charge on any atom is 0.385 e. The molecule has 0 aliphatic carbocycles. The van der Waals surface area contributed by atoms with E-state index in [-0.39, 0.29) is 10.6 Å². The van der Waals surface area contributed by atoms with E-state index in [9.17, 15) is 16.8 Å². The summed E-state index contributed by atoms with van der Waals surface area (Å²) in [7, 11) is -4.88. The minimum atomic E-state index is -3.96. The fraction of sp³-hybridized carbons (Fsp3) is 0.478. The lowest BCUT2D eigenvalue weighted by Crippen LogP contribution is -2.48. The van der Waals surface area contributed by atoms with Crippen molar-refractivity contribution in [2.45, 2.75) is 49.8 Å². The molecule has 0 saturated carbocycles. The van der Waals surface area contributed by atoms with Crippen molar-refractivity contribution in [3.8, 4) is 5.75 Å². The highest BCUT2D eigenvalue weighted by molar-refractivity contribution is 8.72. The first-order valence-electron chi connectivity index (χ1n) is 10.7. The van der Waals surface area contributed by atoms with E-state index in [0.29, 0.717) is 42.2 Å². The summed E-state index contributed by atoms with van der Waals surface area (Å²) in [6.07, 6.45) is 0. The Morgan fingerprint density at radius 3 is 2.03 bits per heavy atom. The van der Waals surface area contributed by atoms with Gasteiger partial charge in [0.15, 0.2) is 0 Å². The molecule has 0 bridgehead atoms. The second kappa shape index (κ2) is 9.58. The van der Waals surface area contributed by atoms with E-state index >= 15 is 0 Å². The quantitative estimate of drug-likeness (QED) is 0.542. The van der Waals surface area contributed by atoms with Gasteiger partial charge in [-0.25, -0.2) is 8.42 Å². The summed E-state index contributed by atoms with van der Waals surface area (Å²) in [4.78, 5) is 2.86. The van der Waals surface area contributed by atoms with Crippen LogP contribution in [0.1, 0.15) is 37.5 Å². The predicted molar refractivity (Wildman–Crippen MR) is 133 cm³/mol. The van der Waals surface area contributed by atoms with Gasteiger partial charge in [-0.15, -0.1) is 0 Å². The van der Waals surface area contributed by atoms with E-state index in [2.05, 4.69) is 4.90 Å². The first-order valence-corrected chi connectivity index (χ1v) is 14.9. The molecule has 2 aromatic carbocycles. The Bertz CT molecular complexity index is 1210.